The molecule has 0 saturated heterocycles. The molecule has 7 heteroatoms. The van der Waals surface area contributed by atoms with E-state index >= 15 is 0 Å². The summed E-state index contributed by atoms with van der Waals surface area (Å²) in [4.78, 5) is 37.2. The lowest BCUT2D eigenvalue weighted by atomic mass is 9.91. The molecule has 0 spiro atoms. The van der Waals surface area contributed by atoms with Crippen molar-refractivity contribution in [2.45, 2.75) is 32.7 Å². The van der Waals surface area contributed by atoms with E-state index in [-0.39, 0.29) is 17.7 Å². The van der Waals surface area contributed by atoms with Crippen LogP contribution < -0.4 is 11.3 Å². The molecule has 0 bridgehead atoms. The number of fused-ring (bicyclic) bond motifs is 1. The van der Waals surface area contributed by atoms with Crippen LogP contribution in [0.25, 0.3) is 10.9 Å². The van der Waals surface area contributed by atoms with Crippen molar-refractivity contribution >= 4 is 22.8 Å². The Hall–Kier alpha value is -3.14. The number of esters is 1. The van der Waals surface area contributed by atoms with Gasteiger partial charge in [-0.1, -0.05) is 25.1 Å². The maximum atomic E-state index is 13.0. The van der Waals surface area contributed by atoms with E-state index in [9.17, 15) is 19.6 Å². The van der Waals surface area contributed by atoms with E-state index in [4.69, 9.17) is 10.5 Å². The Morgan fingerprint density at radius 2 is 2.00 bits per heavy atom. The second-order valence-corrected chi connectivity index (χ2v) is 5.45. The zero-order valence-corrected chi connectivity index (χ0v) is 14.1. The van der Waals surface area contributed by atoms with E-state index in [0.717, 1.165) is 0 Å². The molecule has 130 valence electrons. The molecule has 1 aromatic heterocycles. The minimum absolute atomic E-state index is 0.0152. The fraction of sp³-hybridized carbons (Fsp3) is 0.333. The quantitative estimate of drug-likeness (QED) is 0.803. The Morgan fingerprint density at radius 1 is 1.32 bits per heavy atom. The van der Waals surface area contributed by atoms with Crippen LogP contribution in [-0.4, -0.2) is 23.1 Å². The number of carbonyl (C=O) groups is 2. The van der Waals surface area contributed by atoms with Crippen molar-refractivity contribution in [3.8, 4) is 6.07 Å². The summed E-state index contributed by atoms with van der Waals surface area (Å²) in [5.74, 6) is -3.21. The summed E-state index contributed by atoms with van der Waals surface area (Å²) in [6.07, 6.45) is 0.670. The number of rotatable bonds is 6. The van der Waals surface area contributed by atoms with Gasteiger partial charge in [0, 0.05) is 17.5 Å². The lowest BCUT2D eigenvalue weighted by Gasteiger charge is -2.18. The number of benzene rings is 1. The van der Waals surface area contributed by atoms with Gasteiger partial charge in [-0.3, -0.25) is 9.59 Å². The van der Waals surface area contributed by atoms with Gasteiger partial charge in [-0.25, -0.2) is 4.79 Å². The highest BCUT2D eigenvalue weighted by molar-refractivity contribution is 6.02. The van der Waals surface area contributed by atoms with Crippen LogP contribution in [0.3, 0.4) is 0 Å². The molecule has 2 aromatic rings. The van der Waals surface area contributed by atoms with Gasteiger partial charge in [0.2, 0.25) is 5.91 Å². The molecule has 0 aliphatic heterocycles. The fourth-order valence-corrected chi connectivity index (χ4v) is 2.85. The molecule has 1 amide bonds. The largest absolute Gasteiger partial charge is 0.462 e. The van der Waals surface area contributed by atoms with Gasteiger partial charge in [-0.2, -0.15) is 5.26 Å². The number of nitriles is 1. The van der Waals surface area contributed by atoms with Gasteiger partial charge in [0.05, 0.1) is 18.2 Å². The van der Waals surface area contributed by atoms with Gasteiger partial charge in [0.15, 0.2) is 5.92 Å². The third kappa shape index (κ3) is 3.24. The summed E-state index contributed by atoms with van der Waals surface area (Å²) < 4.78 is 6.45. The molecule has 1 atom stereocenters. The Bertz CT molecular complexity index is 924. The molecule has 1 aromatic carbocycles. The molecule has 0 fully saturated rings. The number of nitrogens with zero attached hydrogens (tertiary/aromatic N) is 2. The Kier molecular flexibility index (Phi) is 5.55. The Labute approximate surface area is 144 Å². The third-order valence-corrected chi connectivity index (χ3v) is 3.84. The van der Waals surface area contributed by atoms with Crippen LogP contribution in [-0.2, 0) is 16.1 Å². The first-order valence-electron chi connectivity index (χ1n) is 7.99. The van der Waals surface area contributed by atoms with Crippen LogP contribution in [0.4, 0.5) is 0 Å². The highest BCUT2D eigenvalue weighted by Gasteiger charge is 2.31. The molecule has 1 heterocycles. The molecule has 25 heavy (non-hydrogen) atoms. The minimum atomic E-state index is -1.42. The second kappa shape index (κ2) is 7.62. The van der Waals surface area contributed by atoms with E-state index in [0.29, 0.717) is 23.9 Å². The molecular weight excluding hydrogens is 322 g/mol. The summed E-state index contributed by atoms with van der Waals surface area (Å²) in [5.41, 5.74) is 5.00. The predicted octanol–water partition coefficient (Wildman–Crippen LogP) is 1.68. The number of aryl methyl sites for hydroxylation is 1. The number of nitrogens with two attached hydrogens (primary N) is 1. The van der Waals surface area contributed by atoms with Crippen LogP contribution in [0.5, 0.6) is 0 Å². The van der Waals surface area contributed by atoms with Gasteiger partial charge in [-0.15, -0.1) is 0 Å². The van der Waals surface area contributed by atoms with Crippen LogP contribution >= 0.6 is 0 Å². The summed E-state index contributed by atoms with van der Waals surface area (Å²) >= 11 is 0. The highest BCUT2D eigenvalue weighted by Crippen LogP contribution is 2.28. The van der Waals surface area contributed by atoms with E-state index in [1.807, 2.05) is 6.92 Å². The normalized spacial score (nSPS) is 11.7. The van der Waals surface area contributed by atoms with E-state index in [2.05, 4.69) is 0 Å². The average molecular weight is 341 g/mol. The van der Waals surface area contributed by atoms with Crippen molar-refractivity contribution in [1.29, 1.82) is 5.26 Å². The minimum Gasteiger partial charge on any atom is -0.462 e. The van der Waals surface area contributed by atoms with Crippen LogP contribution in [0.15, 0.2) is 29.1 Å². The lowest BCUT2D eigenvalue weighted by molar-refractivity contribution is -0.118. The topological polar surface area (TPSA) is 115 Å². The smallest absolute Gasteiger partial charge is 0.344 e. The summed E-state index contributed by atoms with van der Waals surface area (Å²) in [6.45, 7) is 3.96. The van der Waals surface area contributed by atoms with Gasteiger partial charge in [0.25, 0.3) is 5.56 Å². The predicted molar refractivity (Wildman–Crippen MR) is 92.0 cm³/mol. The molecule has 2 rings (SSSR count). The molecule has 0 aliphatic carbocycles. The molecule has 2 N–H and O–H groups in total. The maximum Gasteiger partial charge on any atom is 0.344 e. The molecular formula is C18H19N3O4. The number of ether oxygens (including phenoxy) is 1. The molecule has 0 radical (unpaired) electrons. The van der Waals surface area contributed by atoms with Crippen molar-refractivity contribution < 1.29 is 14.3 Å². The first kappa shape index (κ1) is 18.2. The molecule has 0 aliphatic rings. The molecule has 7 nitrogen and oxygen atoms in total. The number of primary amides is 1. The van der Waals surface area contributed by atoms with Crippen molar-refractivity contribution in [1.82, 2.24) is 4.57 Å². The summed E-state index contributed by atoms with van der Waals surface area (Å²) in [5, 5.41) is 9.86. The van der Waals surface area contributed by atoms with Crippen molar-refractivity contribution in [2.24, 2.45) is 5.73 Å². The molecule has 0 unspecified atom stereocenters. The number of hydrogen-bond donors (Lipinski definition) is 1. The fourth-order valence-electron chi connectivity index (χ4n) is 2.85. The van der Waals surface area contributed by atoms with Crippen molar-refractivity contribution in [3.05, 3.63) is 45.7 Å². The van der Waals surface area contributed by atoms with Gasteiger partial charge in [0.1, 0.15) is 5.56 Å². The number of pyridine rings is 1. The first-order chi connectivity index (χ1) is 12.0. The van der Waals surface area contributed by atoms with E-state index < -0.39 is 23.4 Å². The Morgan fingerprint density at radius 3 is 2.56 bits per heavy atom. The van der Waals surface area contributed by atoms with Gasteiger partial charge in [-0.05, 0) is 19.4 Å². The zero-order chi connectivity index (χ0) is 18.6. The van der Waals surface area contributed by atoms with E-state index in [1.54, 1.807) is 37.3 Å². The van der Waals surface area contributed by atoms with Crippen molar-refractivity contribution in [2.75, 3.05) is 6.61 Å². The number of amides is 1. The van der Waals surface area contributed by atoms with Gasteiger partial charge < -0.3 is 15.0 Å². The number of hydrogen-bond acceptors (Lipinski definition) is 5. The van der Waals surface area contributed by atoms with Crippen molar-refractivity contribution in [3.63, 3.8) is 0 Å². The second-order valence-electron chi connectivity index (χ2n) is 5.45. The number of aromatic nitrogens is 1. The summed E-state index contributed by atoms with van der Waals surface area (Å²) in [7, 11) is 0. The van der Waals surface area contributed by atoms with Crippen LogP contribution in [0.1, 0.15) is 42.1 Å². The van der Waals surface area contributed by atoms with Crippen LogP contribution in [0, 0.1) is 11.3 Å². The van der Waals surface area contributed by atoms with Crippen LogP contribution in [0.2, 0.25) is 0 Å². The highest BCUT2D eigenvalue weighted by atomic mass is 16.5. The summed E-state index contributed by atoms with van der Waals surface area (Å²) in [6, 6.07) is 8.61. The Balaban J connectivity index is 3.02. The first-order valence-corrected chi connectivity index (χ1v) is 7.99. The SMILES string of the molecule is CCCn1c(=O)c(C(=O)OCC)c([C@H](C#N)C(N)=O)c2ccccc21. The van der Waals surface area contributed by atoms with E-state index in [1.165, 1.54) is 4.57 Å². The lowest BCUT2D eigenvalue weighted by Crippen LogP contribution is -2.33. The standard InChI is InChI=1S/C18H19N3O4/c1-3-9-21-13-8-6-5-7-11(13)14(12(10-19)16(20)22)15(17(21)23)18(24)25-4-2/h5-8,12H,3-4,9H2,1-2H3,(H2,20,22)/t12-/m0/s1. The average Bonchev–Trinajstić information content (AvgIpc) is 2.58. The maximum absolute atomic E-state index is 13.0. The third-order valence-electron chi connectivity index (χ3n) is 3.84. The molecule has 0 saturated carbocycles. The number of para-hydroxylation sites is 1. The number of carbonyl (C=O) groups excluding carboxylic acids is 2. The monoisotopic (exact) mass is 341 g/mol. The zero-order valence-electron chi connectivity index (χ0n) is 14.1. The van der Waals surface area contributed by atoms with Gasteiger partial charge >= 0.3 is 5.97 Å².